The Balaban J connectivity index is 1.92. The predicted octanol–water partition coefficient (Wildman–Crippen LogP) is 4.24. The molecule has 0 spiro atoms. The topological polar surface area (TPSA) is 37.4 Å². The van der Waals surface area contributed by atoms with E-state index in [-0.39, 0.29) is 11.8 Å². The zero-order chi connectivity index (χ0) is 14.8. The van der Waals surface area contributed by atoms with Crippen molar-refractivity contribution >= 4 is 23.6 Å². The Labute approximate surface area is 129 Å². The average Bonchev–Trinajstić information content (AvgIpc) is 2.75. The number of rotatable bonds is 3. The second-order valence-electron chi connectivity index (χ2n) is 5.52. The standard InChI is InChI=1S/C17H19NO2S/c1-2-11-18-16(19)13-9-6-10-14(15(13)17(18)20)21-12-7-4-3-5-8-12/h2,6,9-12H,3-5,7-8H2,1H3. The highest BCUT2D eigenvalue weighted by atomic mass is 32.2. The van der Waals surface area contributed by atoms with E-state index in [4.69, 9.17) is 0 Å². The molecule has 4 heteroatoms. The Morgan fingerprint density at radius 2 is 1.90 bits per heavy atom. The molecule has 1 heterocycles. The van der Waals surface area contributed by atoms with Crippen molar-refractivity contribution in [2.75, 3.05) is 0 Å². The summed E-state index contributed by atoms with van der Waals surface area (Å²) in [6.07, 6.45) is 9.53. The second kappa shape index (κ2) is 6.06. The van der Waals surface area contributed by atoms with Crippen LogP contribution in [0.2, 0.25) is 0 Å². The molecule has 1 aliphatic heterocycles. The number of nitrogens with zero attached hydrogens (tertiary/aromatic N) is 1. The molecule has 110 valence electrons. The lowest BCUT2D eigenvalue weighted by atomic mass is 10.0. The first kappa shape index (κ1) is 14.4. The van der Waals surface area contributed by atoms with E-state index in [1.54, 1.807) is 37.0 Å². The molecule has 1 aliphatic carbocycles. The number of allylic oxidation sites excluding steroid dienone is 1. The van der Waals surface area contributed by atoms with Crippen LogP contribution < -0.4 is 0 Å². The summed E-state index contributed by atoms with van der Waals surface area (Å²) in [6.45, 7) is 1.81. The van der Waals surface area contributed by atoms with Gasteiger partial charge in [-0.3, -0.25) is 9.59 Å². The molecular formula is C17H19NO2S. The maximum Gasteiger partial charge on any atom is 0.266 e. The lowest BCUT2D eigenvalue weighted by Gasteiger charge is -2.21. The van der Waals surface area contributed by atoms with Crippen LogP contribution in [-0.2, 0) is 0 Å². The van der Waals surface area contributed by atoms with Gasteiger partial charge in [0, 0.05) is 16.3 Å². The quantitative estimate of drug-likeness (QED) is 0.784. The highest BCUT2D eigenvalue weighted by Gasteiger charge is 2.36. The monoisotopic (exact) mass is 301 g/mol. The number of carbonyl (C=O) groups excluding carboxylic acids is 2. The summed E-state index contributed by atoms with van der Waals surface area (Å²) in [5.74, 6) is -0.397. The summed E-state index contributed by atoms with van der Waals surface area (Å²) < 4.78 is 0. The van der Waals surface area contributed by atoms with E-state index in [0.29, 0.717) is 16.4 Å². The van der Waals surface area contributed by atoms with Gasteiger partial charge in [0.1, 0.15) is 0 Å². The Bertz CT molecular complexity index is 603. The molecule has 0 saturated heterocycles. The summed E-state index contributed by atoms with van der Waals surface area (Å²) in [6, 6.07) is 5.61. The van der Waals surface area contributed by atoms with Gasteiger partial charge in [-0.2, -0.15) is 0 Å². The predicted molar refractivity (Wildman–Crippen MR) is 84.5 cm³/mol. The normalized spacial score (nSPS) is 19.6. The fourth-order valence-electron chi connectivity index (χ4n) is 3.02. The lowest BCUT2D eigenvalue weighted by Crippen LogP contribution is -2.23. The molecule has 1 aromatic rings. The third-order valence-corrected chi connectivity index (χ3v) is 5.45. The summed E-state index contributed by atoms with van der Waals surface area (Å²) in [5, 5.41) is 0.573. The van der Waals surface area contributed by atoms with Crippen LogP contribution in [0.5, 0.6) is 0 Å². The van der Waals surface area contributed by atoms with Crippen molar-refractivity contribution in [3.8, 4) is 0 Å². The summed E-state index contributed by atoms with van der Waals surface area (Å²) >= 11 is 1.77. The van der Waals surface area contributed by atoms with Gasteiger partial charge in [-0.15, -0.1) is 11.8 Å². The molecule has 1 aromatic carbocycles. The van der Waals surface area contributed by atoms with Gasteiger partial charge in [0.15, 0.2) is 0 Å². The van der Waals surface area contributed by atoms with E-state index >= 15 is 0 Å². The van der Waals surface area contributed by atoms with Gasteiger partial charge in [-0.05, 0) is 31.9 Å². The number of imide groups is 1. The molecule has 0 N–H and O–H groups in total. The van der Waals surface area contributed by atoms with E-state index < -0.39 is 0 Å². The first-order chi connectivity index (χ1) is 10.2. The molecule has 1 fully saturated rings. The molecule has 0 radical (unpaired) electrons. The Morgan fingerprint density at radius 1 is 1.14 bits per heavy atom. The number of fused-ring (bicyclic) bond motifs is 1. The van der Waals surface area contributed by atoms with Crippen LogP contribution in [0.15, 0.2) is 35.4 Å². The molecule has 2 aliphatic rings. The van der Waals surface area contributed by atoms with Gasteiger partial charge in [-0.1, -0.05) is 31.4 Å². The van der Waals surface area contributed by atoms with Gasteiger partial charge in [0.05, 0.1) is 11.1 Å². The average molecular weight is 301 g/mol. The zero-order valence-electron chi connectivity index (χ0n) is 12.2. The van der Waals surface area contributed by atoms with Gasteiger partial charge in [0.25, 0.3) is 11.8 Å². The largest absolute Gasteiger partial charge is 0.268 e. The van der Waals surface area contributed by atoms with Crippen molar-refractivity contribution in [1.82, 2.24) is 4.90 Å². The summed E-state index contributed by atoms with van der Waals surface area (Å²) in [7, 11) is 0. The van der Waals surface area contributed by atoms with E-state index in [2.05, 4.69) is 0 Å². The Hall–Kier alpha value is -1.55. The van der Waals surface area contributed by atoms with Gasteiger partial charge in [-0.25, -0.2) is 4.90 Å². The second-order valence-corrected chi connectivity index (χ2v) is 6.86. The fraction of sp³-hybridized carbons (Fsp3) is 0.412. The molecule has 0 atom stereocenters. The molecule has 21 heavy (non-hydrogen) atoms. The Morgan fingerprint density at radius 3 is 2.62 bits per heavy atom. The maximum absolute atomic E-state index is 12.5. The number of benzene rings is 1. The molecule has 3 nitrogen and oxygen atoms in total. The molecule has 0 unspecified atom stereocenters. The van der Waals surface area contributed by atoms with E-state index in [9.17, 15) is 9.59 Å². The van der Waals surface area contributed by atoms with Crippen LogP contribution in [0.25, 0.3) is 0 Å². The summed E-state index contributed by atoms with van der Waals surface area (Å²) in [4.78, 5) is 27.0. The minimum absolute atomic E-state index is 0.188. The van der Waals surface area contributed by atoms with Crippen molar-refractivity contribution in [2.24, 2.45) is 0 Å². The van der Waals surface area contributed by atoms with Crippen molar-refractivity contribution in [1.29, 1.82) is 0 Å². The minimum atomic E-state index is -0.209. The molecule has 0 aromatic heterocycles. The van der Waals surface area contributed by atoms with E-state index in [1.165, 1.54) is 37.0 Å². The highest BCUT2D eigenvalue weighted by Crippen LogP contribution is 2.38. The van der Waals surface area contributed by atoms with Crippen molar-refractivity contribution in [3.63, 3.8) is 0 Å². The van der Waals surface area contributed by atoms with Crippen molar-refractivity contribution < 1.29 is 9.59 Å². The summed E-state index contributed by atoms with van der Waals surface area (Å²) in [5.41, 5.74) is 1.13. The fourth-order valence-corrected chi connectivity index (χ4v) is 4.42. The third kappa shape index (κ3) is 2.64. The van der Waals surface area contributed by atoms with Crippen LogP contribution in [-0.4, -0.2) is 22.0 Å². The van der Waals surface area contributed by atoms with Gasteiger partial charge >= 0.3 is 0 Å². The van der Waals surface area contributed by atoms with Gasteiger partial charge in [0.2, 0.25) is 0 Å². The van der Waals surface area contributed by atoms with Crippen LogP contribution in [0.3, 0.4) is 0 Å². The molecular weight excluding hydrogens is 282 g/mol. The van der Waals surface area contributed by atoms with E-state index in [0.717, 1.165) is 4.90 Å². The first-order valence-electron chi connectivity index (χ1n) is 7.52. The van der Waals surface area contributed by atoms with Crippen molar-refractivity contribution in [3.05, 3.63) is 41.6 Å². The third-order valence-electron chi connectivity index (χ3n) is 4.05. The SMILES string of the molecule is CC=CN1C(=O)c2cccc(SC3CCCCC3)c2C1=O. The number of thioether (sulfide) groups is 1. The first-order valence-corrected chi connectivity index (χ1v) is 8.40. The van der Waals surface area contributed by atoms with Crippen molar-refractivity contribution in [2.45, 2.75) is 49.2 Å². The molecule has 1 saturated carbocycles. The molecule has 3 rings (SSSR count). The van der Waals surface area contributed by atoms with Crippen LogP contribution in [0, 0.1) is 0 Å². The highest BCUT2D eigenvalue weighted by molar-refractivity contribution is 8.00. The van der Waals surface area contributed by atoms with Crippen LogP contribution >= 0.6 is 11.8 Å². The van der Waals surface area contributed by atoms with Gasteiger partial charge < -0.3 is 0 Å². The number of amides is 2. The Kier molecular flexibility index (Phi) is 4.15. The number of carbonyl (C=O) groups is 2. The van der Waals surface area contributed by atoms with Crippen LogP contribution in [0.1, 0.15) is 59.7 Å². The van der Waals surface area contributed by atoms with E-state index in [1.807, 2.05) is 12.1 Å². The minimum Gasteiger partial charge on any atom is -0.268 e. The van der Waals surface area contributed by atoms with Crippen LogP contribution in [0.4, 0.5) is 0 Å². The maximum atomic E-state index is 12.5. The smallest absolute Gasteiger partial charge is 0.266 e. The lowest BCUT2D eigenvalue weighted by molar-refractivity contribution is 0.0720. The number of hydrogen-bond acceptors (Lipinski definition) is 3. The number of hydrogen-bond donors (Lipinski definition) is 0. The zero-order valence-corrected chi connectivity index (χ0v) is 13.0. The molecule has 2 amide bonds. The molecule has 0 bridgehead atoms.